The van der Waals surface area contributed by atoms with Crippen molar-refractivity contribution in [1.82, 2.24) is 0 Å². The predicted molar refractivity (Wildman–Crippen MR) is 69.2 cm³/mol. The Hall–Kier alpha value is -2.41. The molecule has 98 valence electrons. The second-order valence-electron chi connectivity index (χ2n) is 3.82. The zero-order chi connectivity index (χ0) is 14.0. The zero-order valence-electron chi connectivity index (χ0n) is 9.82. The van der Waals surface area contributed by atoms with Crippen LogP contribution in [0.5, 0.6) is 11.5 Å². The van der Waals surface area contributed by atoms with Crippen LogP contribution in [-0.2, 0) is 0 Å². The Kier molecular flexibility index (Phi) is 3.48. The molecule has 0 radical (unpaired) electrons. The topological polar surface area (TPSA) is 89.7 Å². The Bertz CT molecular complexity index is 649. The van der Waals surface area contributed by atoms with Gasteiger partial charge in [-0.2, -0.15) is 0 Å². The van der Waals surface area contributed by atoms with Crippen LogP contribution in [-0.4, -0.2) is 16.0 Å². The van der Waals surface area contributed by atoms with Crippen molar-refractivity contribution in [2.24, 2.45) is 0 Å². The van der Waals surface area contributed by atoms with Crippen molar-refractivity contribution >= 4 is 23.0 Å². The maximum atomic E-state index is 10.7. The van der Waals surface area contributed by atoms with Crippen LogP contribution in [0.1, 0.15) is 15.2 Å². The van der Waals surface area contributed by atoms with Gasteiger partial charge in [-0.3, -0.25) is 10.1 Å². The van der Waals surface area contributed by atoms with E-state index >= 15 is 0 Å². The van der Waals surface area contributed by atoms with Crippen molar-refractivity contribution in [1.29, 1.82) is 0 Å². The highest BCUT2D eigenvalue weighted by Crippen LogP contribution is 2.30. The van der Waals surface area contributed by atoms with E-state index in [1.165, 1.54) is 23.6 Å². The van der Waals surface area contributed by atoms with Crippen LogP contribution in [0.25, 0.3) is 0 Å². The van der Waals surface area contributed by atoms with E-state index < -0.39 is 10.9 Å². The number of non-ortho nitro benzene ring substituents is 1. The van der Waals surface area contributed by atoms with E-state index in [1.54, 1.807) is 13.0 Å². The Morgan fingerprint density at radius 1 is 1.32 bits per heavy atom. The smallest absolute Gasteiger partial charge is 0.346 e. The lowest BCUT2D eigenvalue weighted by Crippen LogP contribution is -1.92. The Morgan fingerprint density at radius 2 is 2.05 bits per heavy atom. The van der Waals surface area contributed by atoms with Gasteiger partial charge in [0.25, 0.3) is 5.69 Å². The molecule has 0 aliphatic carbocycles. The first kappa shape index (κ1) is 13.0. The average Bonchev–Trinajstić information content (AvgIpc) is 2.76. The number of nitro benzene ring substituents is 1. The number of hydrogen-bond donors (Lipinski definition) is 1. The van der Waals surface area contributed by atoms with E-state index in [-0.39, 0.29) is 10.6 Å². The molecule has 0 aliphatic rings. The average molecular weight is 279 g/mol. The molecule has 0 fully saturated rings. The number of carboxylic acid groups (broad SMARTS) is 1. The SMILES string of the molecule is Cc1cc(Oc2csc(C(=O)O)c2)cc([N+](=O)[O-])c1. The number of aryl methyl sites for hydroxylation is 1. The maximum absolute atomic E-state index is 10.7. The van der Waals surface area contributed by atoms with Gasteiger partial charge < -0.3 is 9.84 Å². The van der Waals surface area contributed by atoms with Gasteiger partial charge in [0.2, 0.25) is 0 Å². The lowest BCUT2D eigenvalue weighted by atomic mass is 10.2. The molecule has 0 bridgehead atoms. The second-order valence-corrected chi connectivity index (χ2v) is 4.73. The summed E-state index contributed by atoms with van der Waals surface area (Å²) < 4.78 is 5.42. The largest absolute Gasteiger partial charge is 0.477 e. The molecule has 0 spiro atoms. The zero-order valence-corrected chi connectivity index (χ0v) is 10.6. The molecule has 19 heavy (non-hydrogen) atoms. The number of aromatic carboxylic acids is 1. The third kappa shape index (κ3) is 3.08. The quantitative estimate of drug-likeness (QED) is 0.683. The second kappa shape index (κ2) is 5.07. The van der Waals surface area contributed by atoms with Gasteiger partial charge in [0.05, 0.1) is 11.0 Å². The molecular formula is C12H9NO5S. The molecule has 1 heterocycles. The summed E-state index contributed by atoms with van der Waals surface area (Å²) in [5, 5.41) is 21.1. The molecule has 0 saturated heterocycles. The van der Waals surface area contributed by atoms with Crippen molar-refractivity contribution in [3.8, 4) is 11.5 Å². The number of carbonyl (C=O) groups is 1. The fourth-order valence-corrected chi connectivity index (χ4v) is 2.16. The van der Waals surface area contributed by atoms with Crippen LogP contribution < -0.4 is 4.74 Å². The van der Waals surface area contributed by atoms with E-state index in [0.29, 0.717) is 17.1 Å². The fourth-order valence-electron chi connectivity index (χ4n) is 1.51. The highest BCUT2D eigenvalue weighted by Gasteiger charge is 2.12. The number of carboxylic acids is 1. The molecule has 6 nitrogen and oxygen atoms in total. The van der Waals surface area contributed by atoms with Crippen molar-refractivity contribution in [3.05, 3.63) is 50.2 Å². The number of nitro groups is 1. The Balaban J connectivity index is 2.27. The third-order valence-corrected chi connectivity index (χ3v) is 3.16. The number of rotatable bonds is 4. The van der Waals surface area contributed by atoms with Gasteiger partial charge in [-0.15, -0.1) is 11.3 Å². The van der Waals surface area contributed by atoms with Crippen molar-refractivity contribution in [3.63, 3.8) is 0 Å². The number of benzene rings is 1. The van der Waals surface area contributed by atoms with Crippen LogP contribution >= 0.6 is 11.3 Å². The van der Waals surface area contributed by atoms with Crippen LogP contribution in [0.3, 0.4) is 0 Å². The molecule has 7 heteroatoms. The molecule has 1 aromatic heterocycles. The summed E-state index contributed by atoms with van der Waals surface area (Å²) in [6.07, 6.45) is 0. The summed E-state index contributed by atoms with van der Waals surface area (Å²) in [7, 11) is 0. The minimum absolute atomic E-state index is 0.0660. The maximum Gasteiger partial charge on any atom is 0.346 e. The van der Waals surface area contributed by atoms with Crippen LogP contribution in [0, 0.1) is 17.0 Å². The highest BCUT2D eigenvalue weighted by atomic mass is 32.1. The molecular weight excluding hydrogens is 270 g/mol. The van der Waals surface area contributed by atoms with Crippen LogP contribution in [0.15, 0.2) is 29.6 Å². The minimum atomic E-state index is -1.03. The molecule has 2 aromatic rings. The molecule has 0 aliphatic heterocycles. The van der Waals surface area contributed by atoms with Gasteiger partial charge in [-0.1, -0.05) is 0 Å². The number of ether oxygens (including phenoxy) is 1. The Morgan fingerprint density at radius 3 is 2.63 bits per heavy atom. The first-order chi connectivity index (χ1) is 8.95. The van der Waals surface area contributed by atoms with E-state index in [1.807, 2.05) is 0 Å². The van der Waals surface area contributed by atoms with E-state index in [0.717, 1.165) is 11.3 Å². The van der Waals surface area contributed by atoms with Gasteiger partial charge in [-0.25, -0.2) is 4.79 Å². The first-order valence-corrected chi connectivity index (χ1v) is 6.09. The van der Waals surface area contributed by atoms with Crippen molar-refractivity contribution in [2.45, 2.75) is 6.92 Å². The van der Waals surface area contributed by atoms with E-state index in [2.05, 4.69) is 0 Å². The Labute approximate surface area is 112 Å². The van der Waals surface area contributed by atoms with Gasteiger partial charge >= 0.3 is 5.97 Å². The normalized spacial score (nSPS) is 10.2. The molecule has 0 amide bonds. The van der Waals surface area contributed by atoms with Crippen LogP contribution in [0.4, 0.5) is 5.69 Å². The minimum Gasteiger partial charge on any atom is -0.477 e. The van der Waals surface area contributed by atoms with Gasteiger partial charge in [-0.05, 0) is 18.6 Å². The monoisotopic (exact) mass is 279 g/mol. The fraction of sp³-hybridized carbons (Fsp3) is 0.0833. The number of hydrogen-bond acceptors (Lipinski definition) is 5. The summed E-state index contributed by atoms with van der Waals surface area (Å²) in [6.45, 7) is 1.72. The molecule has 1 N–H and O–H groups in total. The number of nitrogens with zero attached hydrogens (tertiary/aromatic N) is 1. The molecule has 0 saturated carbocycles. The summed E-state index contributed by atoms with van der Waals surface area (Å²) in [4.78, 5) is 21.1. The predicted octanol–water partition coefficient (Wildman–Crippen LogP) is 3.46. The summed E-state index contributed by atoms with van der Waals surface area (Å²) >= 11 is 1.03. The summed E-state index contributed by atoms with van der Waals surface area (Å²) in [6, 6.07) is 5.75. The van der Waals surface area contributed by atoms with E-state index in [9.17, 15) is 14.9 Å². The lowest BCUT2D eigenvalue weighted by molar-refractivity contribution is -0.385. The molecule has 0 atom stereocenters. The van der Waals surface area contributed by atoms with Crippen molar-refractivity contribution < 1.29 is 19.6 Å². The summed E-state index contributed by atoms with van der Waals surface area (Å²) in [5.41, 5.74) is 0.626. The first-order valence-electron chi connectivity index (χ1n) is 5.21. The summed E-state index contributed by atoms with van der Waals surface area (Å²) in [5.74, 6) is -0.376. The molecule has 0 unspecified atom stereocenters. The lowest BCUT2D eigenvalue weighted by Gasteiger charge is -2.04. The van der Waals surface area contributed by atoms with E-state index in [4.69, 9.17) is 9.84 Å². The van der Waals surface area contributed by atoms with Gasteiger partial charge in [0.1, 0.15) is 16.4 Å². The number of thiophene rings is 1. The van der Waals surface area contributed by atoms with Gasteiger partial charge in [0.15, 0.2) is 0 Å². The van der Waals surface area contributed by atoms with Gasteiger partial charge in [0, 0.05) is 17.5 Å². The highest BCUT2D eigenvalue weighted by molar-refractivity contribution is 7.12. The molecule has 1 aromatic carbocycles. The standard InChI is InChI=1S/C12H9NO5S/c1-7-2-8(13(16)17)4-9(3-7)18-10-5-11(12(14)15)19-6-10/h2-6H,1H3,(H,14,15). The molecule has 2 rings (SSSR count). The van der Waals surface area contributed by atoms with Crippen LogP contribution in [0.2, 0.25) is 0 Å². The van der Waals surface area contributed by atoms with Crippen molar-refractivity contribution in [2.75, 3.05) is 0 Å². The third-order valence-electron chi connectivity index (χ3n) is 2.27.